The summed E-state index contributed by atoms with van der Waals surface area (Å²) in [7, 11) is -0.810. The van der Waals surface area contributed by atoms with Gasteiger partial charge in [0.2, 0.25) is 0 Å². The largest absolute Gasteiger partial charge is 0.381 e. The lowest BCUT2D eigenvalue weighted by Gasteiger charge is -2.46. The van der Waals surface area contributed by atoms with E-state index in [0.717, 1.165) is 32.5 Å². The van der Waals surface area contributed by atoms with E-state index in [1.807, 2.05) is 7.05 Å². The lowest BCUT2D eigenvalue weighted by atomic mass is 9.87. The average molecular weight is 262 g/mol. The fourth-order valence-electron chi connectivity index (χ4n) is 2.92. The molecule has 1 atom stereocenters. The van der Waals surface area contributed by atoms with Crippen LogP contribution < -0.4 is 5.73 Å². The Morgan fingerprint density at radius 1 is 1.41 bits per heavy atom. The Kier molecular flexibility index (Phi) is 3.77. The summed E-state index contributed by atoms with van der Waals surface area (Å²) in [6, 6.07) is 0.127. The molecule has 0 spiro atoms. The molecule has 0 radical (unpaired) electrons. The summed E-state index contributed by atoms with van der Waals surface area (Å²) in [5.41, 5.74) is 5.86. The highest BCUT2D eigenvalue weighted by Gasteiger charge is 2.42. The molecule has 2 rings (SSSR count). The molecule has 0 aromatic heterocycles. The smallest absolute Gasteiger partial charge is 0.151 e. The van der Waals surface area contributed by atoms with Crippen LogP contribution in [-0.4, -0.2) is 63.2 Å². The fraction of sp³-hybridized carbons (Fsp3) is 1.00. The second-order valence-electron chi connectivity index (χ2n) is 5.21. The Labute approximate surface area is 103 Å². The molecule has 2 saturated heterocycles. The summed E-state index contributed by atoms with van der Waals surface area (Å²) in [5, 5.41) is 0. The number of likely N-dealkylation sites (N-methyl/N-ethyl adjacent to an activating group) is 1. The van der Waals surface area contributed by atoms with Gasteiger partial charge in [-0.3, -0.25) is 4.90 Å². The van der Waals surface area contributed by atoms with E-state index in [1.54, 1.807) is 0 Å². The topological polar surface area (TPSA) is 72.6 Å². The van der Waals surface area contributed by atoms with Crippen LogP contribution in [0.5, 0.6) is 0 Å². The van der Waals surface area contributed by atoms with Crippen molar-refractivity contribution in [2.24, 2.45) is 5.73 Å². The summed E-state index contributed by atoms with van der Waals surface area (Å²) in [4.78, 5) is 2.21. The van der Waals surface area contributed by atoms with Crippen LogP contribution in [0, 0.1) is 0 Å². The maximum absolute atomic E-state index is 11.5. The summed E-state index contributed by atoms with van der Waals surface area (Å²) >= 11 is 0. The van der Waals surface area contributed by atoms with E-state index in [1.165, 1.54) is 0 Å². The van der Waals surface area contributed by atoms with Crippen LogP contribution >= 0.6 is 0 Å². The van der Waals surface area contributed by atoms with Gasteiger partial charge in [0.05, 0.1) is 11.5 Å². The quantitative estimate of drug-likeness (QED) is 0.750. The number of nitrogens with two attached hydrogens (primary N) is 1. The highest BCUT2D eigenvalue weighted by molar-refractivity contribution is 7.91. The number of sulfone groups is 1. The van der Waals surface area contributed by atoms with Crippen molar-refractivity contribution >= 4 is 9.84 Å². The first kappa shape index (κ1) is 13.3. The summed E-state index contributed by atoms with van der Waals surface area (Å²) in [6.07, 6.45) is 2.54. The normalized spacial score (nSPS) is 31.8. The lowest BCUT2D eigenvalue weighted by molar-refractivity contribution is -0.0264. The highest BCUT2D eigenvalue weighted by Crippen LogP contribution is 2.30. The Hall–Kier alpha value is -0.170. The van der Waals surface area contributed by atoms with Gasteiger partial charge in [-0.2, -0.15) is 0 Å². The third-order valence-corrected chi connectivity index (χ3v) is 6.06. The van der Waals surface area contributed by atoms with Gasteiger partial charge in [-0.1, -0.05) is 0 Å². The van der Waals surface area contributed by atoms with Crippen molar-refractivity contribution in [2.75, 3.05) is 38.3 Å². The van der Waals surface area contributed by atoms with Gasteiger partial charge in [0.15, 0.2) is 9.84 Å². The first-order valence-corrected chi connectivity index (χ1v) is 8.02. The van der Waals surface area contributed by atoms with Crippen molar-refractivity contribution in [2.45, 2.75) is 30.8 Å². The molecular formula is C11H22N2O3S. The molecule has 100 valence electrons. The zero-order valence-corrected chi connectivity index (χ0v) is 11.2. The van der Waals surface area contributed by atoms with Crippen molar-refractivity contribution < 1.29 is 13.2 Å². The minimum atomic E-state index is -2.83. The highest BCUT2D eigenvalue weighted by atomic mass is 32.2. The molecule has 6 heteroatoms. The Bertz CT molecular complexity index is 363. The molecule has 2 fully saturated rings. The standard InChI is InChI=1S/C11H22N2O3S/c1-13(10-2-7-17(14,15)8-10)11(9-12)3-5-16-6-4-11/h10H,2-9,12H2,1H3. The molecule has 2 heterocycles. The van der Waals surface area contributed by atoms with Crippen LogP contribution in [0.4, 0.5) is 0 Å². The number of hydrogen-bond acceptors (Lipinski definition) is 5. The predicted octanol–water partition coefficient (Wildman–Crippen LogP) is -0.387. The molecule has 0 amide bonds. The van der Waals surface area contributed by atoms with Gasteiger partial charge in [-0.05, 0) is 26.3 Å². The molecular weight excluding hydrogens is 240 g/mol. The van der Waals surface area contributed by atoms with Crippen LogP contribution in [-0.2, 0) is 14.6 Å². The molecule has 17 heavy (non-hydrogen) atoms. The molecule has 0 aromatic carbocycles. The van der Waals surface area contributed by atoms with Gasteiger partial charge in [-0.25, -0.2) is 8.42 Å². The van der Waals surface area contributed by atoms with Gasteiger partial charge < -0.3 is 10.5 Å². The zero-order valence-electron chi connectivity index (χ0n) is 10.4. The van der Waals surface area contributed by atoms with E-state index >= 15 is 0 Å². The molecule has 2 N–H and O–H groups in total. The monoisotopic (exact) mass is 262 g/mol. The van der Waals surface area contributed by atoms with E-state index < -0.39 is 9.84 Å². The van der Waals surface area contributed by atoms with E-state index in [9.17, 15) is 8.42 Å². The molecule has 0 bridgehead atoms. The van der Waals surface area contributed by atoms with E-state index in [-0.39, 0.29) is 17.3 Å². The predicted molar refractivity (Wildman–Crippen MR) is 66.7 cm³/mol. The van der Waals surface area contributed by atoms with Crippen LogP contribution in [0.1, 0.15) is 19.3 Å². The summed E-state index contributed by atoms with van der Waals surface area (Å²) in [5.74, 6) is 0.602. The van der Waals surface area contributed by atoms with Crippen LogP contribution in [0.3, 0.4) is 0 Å². The first-order valence-electron chi connectivity index (χ1n) is 6.20. The minimum absolute atomic E-state index is 0.0667. The SMILES string of the molecule is CN(C1CCS(=O)(=O)C1)C1(CN)CCOCC1. The van der Waals surface area contributed by atoms with E-state index in [0.29, 0.717) is 12.3 Å². The fourth-order valence-corrected chi connectivity index (χ4v) is 4.69. The second-order valence-corrected chi connectivity index (χ2v) is 7.44. The van der Waals surface area contributed by atoms with E-state index in [4.69, 9.17) is 10.5 Å². The van der Waals surface area contributed by atoms with Gasteiger partial charge in [0.25, 0.3) is 0 Å². The van der Waals surface area contributed by atoms with Gasteiger partial charge in [0, 0.05) is 31.3 Å². The first-order chi connectivity index (χ1) is 7.99. The van der Waals surface area contributed by atoms with Crippen molar-refractivity contribution in [3.63, 3.8) is 0 Å². The summed E-state index contributed by atoms with van der Waals surface area (Å²) in [6.45, 7) is 2.02. The van der Waals surface area contributed by atoms with Crippen molar-refractivity contribution in [3.8, 4) is 0 Å². The van der Waals surface area contributed by atoms with Crippen molar-refractivity contribution in [1.82, 2.24) is 4.90 Å². The number of rotatable bonds is 3. The Balaban J connectivity index is 2.09. The van der Waals surface area contributed by atoms with Gasteiger partial charge in [0.1, 0.15) is 0 Å². The molecule has 2 aliphatic rings. The Morgan fingerprint density at radius 3 is 2.53 bits per heavy atom. The number of ether oxygens (including phenoxy) is 1. The second kappa shape index (κ2) is 4.84. The van der Waals surface area contributed by atoms with E-state index in [2.05, 4.69) is 4.90 Å². The minimum Gasteiger partial charge on any atom is -0.381 e. The van der Waals surface area contributed by atoms with Crippen LogP contribution in [0.2, 0.25) is 0 Å². The molecule has 0 saturated carbocycles. The molecule has 2 aliphatic heterocycles. The van der Waals surface area contributed by atoms with Crippen LogP contribution in [0.15, 0.2) is 0 Å². The number of nitrogens with zero attached hydrogens (tertiary/aromatic N) is 1. The van der Waals surface area contributed by atoms with Crippen molar-refractivity contribution in [1.29, 1.82) is 0 Å². The summed E-state index contributed by atoms with van der Waals surface area (Å²) < 4.78 is 28.5. The third-order valence-electron chi connectivity index (χ3n) is 4.31. The molecule has 0 aliphatic carbocycles. The lowest BCUT2D eigenvalue weighted by Crippen LogP contribution is -2.58. The Morgan fingerprint density at radius 2 is 2.06 bits per heavy atom. The maximum Gasteiger partial charge on any atom is 0.151 e. The van der Waals surface area contributed by atoms with Crippen molar-refractivity contribution in [3.05, 3.63) is 0 Å². The molecule has 0 aromatic rings. The van der Waals surface area contributed by atoms with Gasteiger partial charge >= 0.3 is 0 Å². The third kappa shape index (κ3) is 2.65. The molecule has 5 nitrogen and oxygen atoms in total. The zero-order chi connectivity index (χ0) is 12.5. The van der Waals surface area contributed by atoms with Crippen LogP contribution in [0.25, 0.3) is 0 Å². The molecule has 1 unspecified atom stereocenters. The average Bonchev–Trinajstić information content (AvgIpc) is 2.69. The number of hydrogen-bond donors (Lipinski definition) is 1. The maximum atomic E-state index is 11.5. The van der Waals surface area contributed by atoms with Gasteiger partial charge in [-0.15, -0.1) is 0 Å².